The molecule has 0 aliphatic carbocycles. The lowest BCUT2D eigenvalue weighted by Crippen LogP contribution is -2.13. The third-order valence-corrected chi connectivity index (χ3v) is 3.25. The molecule has 0 radical (unpaired) electrons. The molecule has 0 heterocycles. The van der Waals surface area contributed by atoms with Gasteiger partial charge in [-0.25, -0.2) is 13.6 Å². The fourth-order valence-electron chi connectivity index (χ4n) is 1.42. The van der Waals surface area contributed by atoms with Gasteiger partial charge in [-0.05, 0) is 31.5 Å². The first-order valence-electron chi connectivity index (χ1n) is 5.69. The van der Waals surface area contributed by atoms with Gasteiger partial charge in [-0.15, -0.1) is 0 Å². The highest BCUT2D eigenvalue weighted by molar-refractivity contribution is 7.89. The van der Waals surface area contributed by atoms with E-state index in [2.05, 4.69) is 5.32 Å². The van der Waals surface area contributed by atoms with Crippen molar-refractivity contribution in [3.8, 4) is 0 Å². The molecule has 1 aromatic rings. The molecule has 102 valence electrons. The molecule has 1 rings (SSSR count). The number of hydrogen-bond donors (Lipinski definition) is 3. The Morgan fingerprint density at radius 2 is 2.11 bits per heavy atom. The highest BCUT2D eigenvalue weighted by atomic mass is 32.2. The summed E-state index contributed by atoms with van der Waals surface area (Å²) in [5, 5.41) is 8.12. The van der Waals surface area contributed by atoms with Crippen molar-refractivity contribution in [2.45, 2.75) is 18.2 Å². The maximum absolute atomic E-state index is 11.1. The Kier molecular flexibility index (Phi) is 5.39. The van der Waals surface area contributed by atoms with Crippen molar-refractivity contribution in [3.05, 3.63) is 18.2 Å². The van der Waals surface area contributed by atoms with Crippen LogP contribution in [0.1, 0.15) is 13.3 Å². The topological polar surface area (TPSA) is 107 Å². The number of anilines is 2. The predicted octanol–water partition coefficient (Wildman–Crippen LogP) is 0.755. The number of nitrogens with two attached hydrogens (primary N) is 2. The number of benzene rings is 1. The zero-order chi connectivity index (χ0) is 13.6. The molecule has 0 atom stereocenters. The van der Waals surface area contributed by atoms with Crippen molar-refractivity contribution >= 4 is 21.4 Å². The average Bonchev–Trinajstić information content (AvgIpc) is 2.29. The van der Waals surface area contributed by atoms with Gasteiger partial charge in [-0.3, -0.25) is 0 Å². The Bertz CT molecular complexity index is 488. The van der Waals surface area contributed by atoms with Crippen molar-refractivity contribution in [2.75, 3.05) is 30.8 Å². The van der Waals surface area contributed by atoms with Crippen molar-refractivity contribution in [1.82, 2.24) is 0 Å². The second kappa shape index (κ2) is 6.58. The molecule has 0 aliphatic heterocycles. The molecule has 0 bridgehead atoms. The van der Waals surface area contributed by atoms with Crippen LogP contribution in [-0.4, -0.2) is 28.2 Å². The molecule has 0 aromatic heterocycles. The van der Waals surface area contributed by atoms with E-state index in [9.17, 15) is 8.42 Å². The standard InChI is InChI=1S/C11H19N3O3S/c1-2-17-7-3-6-14-11-5-4-9(8-10(11)12)18(13,15)16/h4-5,8,14H,2-3,6-7,12H2,1H3,(H2,13,15,16). The van der Waals surface area contributed by atoms with Crippen LogP contribution < -0.4 is 16.2 Å². The van der Waals surface area contributed by atoms with E-state index in [1.165, 1.54) is 12.1 Å². The SMILES string of the molecule is CCOCCCNc1ccc(S(N)(=O)=O)cc1N. The predicted molar refractivity (Wildman–Crippen MR) is 71.8 cm³/mol. The minimum absolute atomic E-state index is 0.0138. The summed E-state index contributed by atoms with van der Waals surface area (Å²) in [5.74, 6) is 0. The monoisotopic (exact) mass is 273 g/mol. The molecular formula is C11H19N3O3S. The van der Waals surface area contributed by atoms with E-state index in [-0.39, 0.29) is 4.90 Å². The van der Waals surface area contributed by atoms with E-state index < -0.39 is 10.0 Å². The normalized spacial score (nSPS) is 11.4. The van der Waals surface area contributed by atoms with Crippen molar-refractivity contribution in [2.24, 2.45) is 5.14 Å². The largest absolute Gasteiger partial charge is 0.397 e. The van der Waals surface area contributed by atoms with Gasteiger partial charge >= 0.3 is 0 Å². The Hall–Kier alpha value is -1.31. The number of ether oxygens (including phenoxy) is 1. The summed E-state index contributed by atoms with van der Waals surface area (Å²) in [6.45, 7) is 4.03. The van der Waals surface area contributed by atoms with Gasteiger partial charge in [0.25, 0.3) is 0 Å². The van der Waals surface area contributed by atoms with Crippen LogP contribution in [0.4, 0.5) is 11.4 Å². The molecule has 0 fully saturated rings. The summed E-state index contributed by atoms with van der Waals surface area (Å²) in [7, 11) is -3.70. The molecule has 0 saturated heterocycles. The lowest BCUT2D eigenvalue weighted by molar-refractivity contribution is 0.147. The summed E-state index contributed by atoms with van der Waals surface area (Å²) < 4.78 is 27.4. The van der Waals surface area contributed by atoms with E-state index in [0.717, 1.165) is 6.42 Å². The highest BCUT2D eigenvalue weighted by Gasteiger charge is 2.09. The minimum atomic E-state index is -3.70. The zero-order valence-corrected chi connectivity index (χ0v) is 11.2. The van der Waals surface area contributed by atoms with E-state index >= 15 is 0 Å². The molecule has 0 spiro atoms. The fourth-order valence-corrected chi connectivity index (χ4v) is 1.97. The summed E-state index contributed by atoms with van der Waals surface area (Å²) in [6.07, 6.45) is 0.851. The van der Waals surface area contributed by atoms with Crippen LogP contribution in [0.25, 0.3) is 0 Å². The summed E-state index contributed by atoms with van der Waals surface area (Å²) in [6, 6.07) is 4.38. The van der Waals surface area contributed by atoms with Gasteiger partial charge in [0.15, 0.2) is 0 Å². The van der Waals surface area contributed by atoms with E-state index in [4.69, 9.17) is 15.6 Å². The lowest BCUT2D eigenvalue weighted by atomic mass is 10.2. The number of primary sulfonamides is 1. The molecule has 0 saturated carbocycles. The van der Waals surface area contributed by atoms with Crippen molar-refractivity contribution < 1.29 is 13.2 Å². The van der Waals surface area contributed by atoms with Gasteiger partial charge < -0.3 is 15.8 Å². The van der Waals surface area contributed by atoms with Crippen LogP contribution in [-0.2, 0) is 14.8 Å². The van der Waals surface area contributed by atoms with Gasteiger partial charge in [0.05, 0.1) is 16.3 Å². The van der Waals surface area contributed by atoms with E-state index in [0.29, 0.717) is 31.1 Å². The Balaban J connectivity index is 2.58. The summed E-state index contributed by atoms with van der Waals surface area (Å²) >= 11 is 0. The van der Waals surface area contributed by atoms with Gasteiger partial charge in [0.2, 0.25) is 10.0 Å². The summed E-state index contributed by atoms with van der Waals surface area (Å²) in [5.41, 5.74) is 6.80. The second-order valence-corrected chi connectivity index (χ2v) is 5.33. The van der Waals surface area contributed by atoms with E-state index in [1.807, 2.05) is 6.92 Å². The maximum atomic E-state index is 11.1. The minimum Gasteiger partial charge on any atom is -0.397 e. The molecule has 7 heteroatoms. The van der Waals surface area contributed by atoms with Crippen LogP contribution in [0.2, 0.25) is 0 Å². The van der Waals surface area contributed by atoms with Gasteiger partial charge in [0.1, 0.15) is 0 Å². The Morgan fingerprint density at radius 3 is 2.67 bits per heavy atom. The number of nitrogen functional groups attached to an aromatic ring is 1. The van der Waals surface area contributed by atoms with Gasteiger partial charge in [-0.2, -0.15) is 0 Å². The number of sulfonamides is 1. The molecule has 18 heavy (non-hydrogen) atoms. The molecule has 0 unspecified atom stereocenters. The third-order valence-electron chi connectivity index (χ3n) is 2.34. The third kappa shape index (κ3) is 4.52. The molecular weight excluding hydrogens is 254 g/mol. The number of hydrogen-bond acceptors (Lipinski definition) is 5. The van der Waals surface area contributed by atoms with Crippen LogP contribution in [0.5, 0.6) is 0 Å². The molecule has 0 aliphatic rings. The lowest BCUT2D eigenvalue weighted by Gasteiger charge is -2.10. The van der Waals surface area contributed by atoms with Crippen molar-refractivity contribution in [3.63, 3.8) is 0 Å². The van der Waals surface area contributed by atoms with E-state index in [1.54, 1.807) is 6.07 Å². The van der Waals surface area contributed by atoms with Crippen LogP contribution in [0.3, 0.4) is 0 Å². The first-order chi connectivity index (χ1) is 8.45. The average molecular weight is 273 g/mol. The summed E-state index contributed by atoms with van der Waals surface area (Å²) in [4.78, 5) is 0.0138. The molecule has 5 N–H and O–H groups in total. The smallest absolute Gasteiger partial charge is 0.238 e. The molecule has 0 amide bonds. The molecule has 1 aromatic carbocycles. The first-order valence-corrected chi connectivity index (χ1v) is 7.23. The zero-order valence-electron chi connectivity index (χ0n) is 10.3. The van der Waals surface area contributed by atoms with Crippen molar-refractivity contribution in [1.29, 1.82) is 0 Å². The highest BCUT2D eigenvalue weighted by Crippen LogP contribution is 2.21. The Morgan fingerprint density at radius 1 is 1.39 bits per heavy atom. The quantitative estimate of drug-likeness (QED) is 0.502. The number of rotatable bonds is 7. The van der Waals surface area contributed by atoms with Gasteiger partial charge in [-0.1, -0.05) is 0 Å². The van der Waals surface area contributed by atoms with Gasteiger partial charge in [0, 0.05) is 19.8 Å². The van der Waals surface area contributed by atoms with Crippen LogP contribution in [0, 0.1) is 0 Å². The maximum Gasteiger partial charge on any atom is 0.238 e. The fraction of sp³-hybridized carbons (Fsp3) is 0.455. The number of nitrogens with one attached hydrogen (secondary N) is 1. The van der Waals surface area contributed by atoms with Crippen LogP contribution in [0.15, 0.2) is 23.1 Å². The van der Waals surface area contributed by atoms with Crippen LogP contribution >= 0.6 is 0 Å². The Labute approximate surface area is 107 Å². The second-order valence-electron chi connectivity index (χ2n) is 3.77. The molecule has 6 nitrogen and oxygen atoms in total. The first kappa shape index (κ1) is 14.7.